The zero-order chi connectivity index (χ0) is 13.7. The van der Waals surface area contributed by atoms with Gasteiger partial charge in [0.25, 0.3) is 0 Å². The first-order valence-corrected chi connectivity index (χ1v) is 7.59. The predicted octanol–water partition coefficient (Wildman–Crippen LogP) is 0.0436. The van der Waals surface area contributed by atoms with Gasteiger partial charge in [0.2, 0.25) is 5.91 Å². The van der Waals surface area contributed by atoms with Crippen LogP contribution in [0.15, 0.2) is 0 Å². The summed E-state index contributed by atoms with van der Waals surface area (Å²) in [4.78, 5) is 16.6. The van der Waals surface area contributed by atoms with Crippen LogP contribution in [0.1, 0.15) is 32.6 Å². The molecule has 2 N–H and O–H groups in total. The van der Waals surface area contributed by atoms with Crippen molar-refractivity contribution in [2.24, 2.45) is 0 Å². The molecule has 0 bridgehead atoms. The van der Waals surface area contributed by atoms with E-state index in [1.54, 1.807) is 0 Å². The Kier molecular flexibility index (Phi) is 5.60. The average molecular weight is 269 g/mol. The van der Waals surface area contributed by atoms with E-state index in [2.05, 4.69) is 22.0 Å². The van der Waals surface area contributed by atoms with Gasteiger partial charge in [-0.05, 0) is 38.8 Å². The zero-order valence-electron chi connectivity index (χ0n) is 12.0. The van der Waals surface area contributed by atoms with Crippen molar-refractivity contribution < 1.29 is 9.90 Å². The largest absolute Gasteiger partial charge is 0.395 e. The third-order valence-corrected chi connectivity index (χ3v) is 4.46. The number of carbonyl (C=O) groups excluding carboxylic acids is 1. The molecule has 0 spiro atoms. The number of hydrogen-bond acceptors (Lipinski definition) is 4. The van der Waals surface area contributed by atoms with E-state index >= 15 is 0 Å². The minimum Gasteiger partial charge on any atom is -0.395 e. The summed E-state index contributed by atoms with van der Waals surface area (Å²) >= 11 is 0. The van der Waals surface area contributed by atoms with Crippen molar-refractivity contribution >= 4 is 5.91 Å². The topological polar surface area (TPSA) is 55.8 Å². The fourth-order valence-electron chi connectivity index (χ4n) is 3.16. The third-order valence-electron chi connectivity index (χ3n) is 4.46. The minimum absolute atomic E-state index is 0.121. The molecular weight excluding hydrogens is 242 g/mol. The number of hydrogen-bond donors (Lipinski definition) is 2. The molecule has 1 unspecified atom stereocenters. The lowest BCUT2D eigenvalue weighted by molar-refractivity contribution is -0.123. The Morgan fingerprint density at radius 3 is 2.63 bits per heavy atom. The maximum absolute atomic E-state index is 12.0. The molecule has 2 fully saturated rings. The van der Waals surface area contributed by atoms with Crippen LogP contribution in [0.3, 0.4) is 0 Å². The number of piperidine rings is 1. The first-order chi connectivity index (χ1) is 9.22. The summed E-state index contributed by atoms with van der Waals surface area (Å²) in [7, 11) is 0. The second kappa shape index (κ2) is 7.22. The van der Waals surface area contributed by atoms with Crippen molar-refractivity contribution in [1.29, 1.82) is 0 Å². The molecule has 1 amide bonds. The Hall–Kier alpha value is -0.650. The smallest absolute Gasteiger partial charge is 0.234 e. The van der Waals surface area contributed by atoms with Crippen molar-refractivity contribution in [2.75, 3.05) is 39.3 Å². The molecule has 5 heteroatoms. The molecule has 0 aromatic heterocycles. The van der Waals surface area contributed by atoms with E-state index in [4.69, 9.17) is 0 Å². The van der Waals surface area contributed by atoms with E-state index in [1.807, 2.05) is 0 Å². The molecule has 0 aliphatic carbocycles. The molecule has 0 radical (unpaired) electrons. The number of likely N-dealkylation sites (tertiary alicyclic amines) is 2. The number of rotatable bonds is 5. The molecule has 0 aromatic carbocycles. The van der Waals surface area contributed by atoms with Crippen LogP contribution < -0.4 is 5.32 Å². The highest BCUT2D eigenvalue weighted by Crippen LogP contribution is 2.16. The molecule has 0 aromatic rings. The second-order valence-corrected chi connectivity index (χ2v) is 5.73. The summed E-state index contributed by atoms with van der Waals surface area (Å²) < 4.78 is 0. The van der Waals surface area contributed by atoms with Crippen LogP contribution in [0, 0.1) is 0 Å². The second-order valence-electron chi connectivity index (χ2n) is 5.73. The normalized spacial score (nSPS) is 26.7. The minimum atomic E-state index is 0.121. The summed E-state index contributed by atoms with van der Waals surface area (Å²) in [6.07, 6.45) is 4.22. The van der Waals surface area contributed by atoms with Crippen LogP contribution in [0.2, 0.25) is 0 Å². The van der Waals surface area contributed by atoms with Gasteiger partial charge in [-0.2, -0.15) is 0 Å². The first-order valence-electron chi connectivity index (χ1n) is 7.59. The predicted molar refractivity (Wildman–Crippen MR) is 75.0 cm³/mol. The number of nitrogens with one attached hydrogen (secondary N) is 1. The van der Waals surface area contributed by atoms with Crippen LogP contribution in [0.4, 0.5) is 0 Å². The zero-order valence-corrected chi connectivity index (χ0v) is 12.0. The molecular formula is C14H27N3O2. The van der Waals surface area contributed by atoms with Crippen LogP contribution >= 0.6 is 0 Å². The fraction of sp³-hybridized carbons (Fsp3) is 0.929. The monoisotopic (exact) mass is 269 g/mol. The SMILES string of the molecule is CCN1CCC(NC(=O)CN2CCCC2CO)CC1. The molecule has 2 saturated heterocycles. The van der Waals surface area contributed by atoms with Crippen molar-refractivity contribution in [2.45, 2.75) is 44.7 Å². The van der Waals surface area contributed by atoms with Gasteiger partial charge >= 0.3 is 0 Å². The van der Waals surface area contributed by atoms with E-state index in [0.29, 0.717) is 12.6 Å². The third kappa shape index (κ3) is 4.16. The Balaban J connectivity index is 1.70. The van der Waals surface area contributed by atoms with Gasteiger partial charge in [0.1, 0.15) is 0 Å². The number of amides is 1. The van der Waals surface area contributed by atoms with Crippen molar-refractivity contribution in [3.8, 4) is 0 Å². The molecule has 19 heavy (non-hydrogen) atoms. The fourth-order valence-corrected chi connectivity index (χ4v) is 3.16. The Morgan fingerprint density at radius 1 is 1.26 bits per heavy atom. The van der Waals surface area contributed by atoms with Crippen molar-refractivity contribution in [3.63, 3.8) is 0 Å². The lowest BCUT2D eigenvalue weighted by Crippen LogP contribution is -2.48. The van der Waals surface area contributed by atoms with Gasteiger partial charge in [0.05, 0.1) is 13.2 Å². The van der Waals surface area contributed by atoms with Gasteiger partial charge in [-0.25, -0.2) is 0 Å². The summed E-state index contributed by atoms with van der Waals surface area (Å²) in [5.41, 5.74) is 0. The van der Waals surface area contributed by atoms with Gasteiger partial charge < -0.3 is 15.3 Å². The standard InChI is InChI=1S/C14H27N3O2/c1-2-16-8-5-12(6-9-16)15-14(19)10-17-7-3-4-13(17)11-18/h12-13,18H,2-11H2,1H3,(H,15,19). The molecule has 5 nitrogen and oxygen atoms in total. The molecule has 2 heterocycles. The maximum atomic E-state index is 12.0. The average Bonchev–Trinajstić information content (AvgIpc) is 2.86. The van der Waals surface area contributed by atoms with E-state index in [-0.39, 0.29) is 18.6 Å². The molecule has 0 saturated carbocycles. The van der Waals surface area contributed by atoms with Gasteiger partial charge in [-0.1, -0.05) is 6.92 Å². The van der Waals surface area contributed by atoms with Gasteiger partial charge in [-0.15, -0.1) is 0 Å². The molecule has 110 valence electrons. The lowest BCUT2D eigenvalue weighted by Gasteiger charge is -2.32. The van der Waals surface area contributed by atoms with E-state index < -0.39 is 0 Å². The van der Waals surface area contributed by atoms with Crippen LogP contribution in [-0.4, -0.2) is 72.2 Å². The van der Waals surface area contributed by atoms with E-state index in [9.17, 15) is 9.90 Å². The first kappa shape index (κ1) is 14.8. The Labute approximate surface area is 115 Å². The Morgan fingerprint density at radius 2 is 2.00 bits per heavy atom. The van der Waals surface area contributed by atoms with Gasteiger partial charge in [-0.3, -0.25) is 9.69 Å². The number of nitrogens with zero attached hydrogens (tertiary/aromatic N) is 2. The number of aliphatic hydroxyl groups excluding tert-OH is 1. The highest BCUT2D eigenvalue weighted by Gasteiger charge is 2.26. The molecule has 2 aliphatic heterocycles. The highest BCUT2D eigenvalue weighted by atomic mass is 16.3. The van der Waals surface area contributed by atoms with Crippen molar-refractivity contribution in [3.05, 3.63) is 0 Å². The lowest BCUT2D eigenvalue weighted by atomic mass is 10.1. The Bertz CT molecular complexity index is 290. The maximum Gasteiger partial charge on any atom is 0.234 e. The molecule has 1 atom stereocenters. The number of carbonyl (C=O) groups is 1. The molecule has 2 aliphatic rings. The number of aliphatic hydroxyl groups is 1. The van der Waals surface area contributed by atoms with Crippen LogP contribution in [0.25, 0.3) is 0 Å². The summed E-state index contributed by atoms with van der Waals surface area (Å²) in [6.45, 7) is 7.01. The van der Waals surface area contributed by atoms with Gasteiger partial charge in [0, 0.05) is 25.2 Å². The summed E-state index contributed by atoms with van der Waals surface area (Å²) in [6, 6.07) is 0.526. The molecule has 2 rings (SSSR count). The van der Waals surface area contributed by atoms with Crippen LogP contribution in [0.5, 0.6) is 0 Å². The van der Waals surface area contributed by atoms with Crippen molar-refractivity contribution in [1.82, 2.24) is 15.1 Å². The van der Waals surface area contributed by atoms with E-state index in [0.717, 1.165) is 51.9 Å². The summed E-state index contributed by atoms with van der Waals surface area (Å²) in [5, 5.41) is 12.4. The van der Waals surface area contributed by atoms with E-state index in [1.165, 1.54) is 0 Å². The summed E-state index contributed by atoms with van der Waals surface area (Å²) in [5.74, 6) is 0.121. The van der Waals surface area contributed by atoms with Gasteiger partial charge in [0.15, 0.2) is 0 Å². The van der Waals surface area contributed by atoms with Crippen LogP contribution in [-0.2, 0) is 4.79 Å². The highest BCUT2D eigenvalue weighted by molar-refractivity contribution is 5.78. The quantitative estimate of drug-likeness (QED) is 0.740.